The number of allylic oxidation sites excluding steroid dienone is 2. The van der Waals surface area contributed by atoms with Crippen molar-refractivity contribution in [3.05, 3.63) is 53.6 Å². The fraction of sp³-hybridized carbons (Fsp3) is 0.333. The Morgan fingerprint density at radius 2 is 1.73 bits per heavy atom. The van der Waals surface area contributed by atoms with Gasteiger partial charge in [-0.15, -0.1) is 0 Å². The second kappa shape index (κ2) is 9.26. The lowest BCUT2D eigenvalue weighted by molar-refractivity contribution is 1.43. The normalized spacial score (nSPS) is 9.47. The van der Waals surface area contributed by atoms with E-state index < -0.39 is 0 Å². The van der Waals surface area contributed by atoms with Crippen molar-refractivity contribution < 1.29 is 0 Å². The van der Waals surface area contributed by atoms with E-state index in [1.807, 2.05) is 19.9 Å². The lowest BCUT2D eigenvalue weighted by atomic mass is 10.1. The molecule has 0 heteroatoms. The van der Waals surface area contributed by atoms with Crippen LogP contribution in [0, 0.1) is 6.92 Å². The fourth-order valence-electron chi connectivity index (χ4n) is 1.05. The van der Waals surface area contributed by atoms with Crippen molar-refractivity contribution in [1.82, 2.24) is 0 Å². The third-order valence-corrected chi connectivity index (χ3v) is 1.89. The number of aryl methyl sites for hydroxylation is 1. The summed E-state index contributed by atoms with van der Waals surface area (Å²) >= 11 is 0. The minimum Gasteiger partial charge on any atom is -0.0988 e. The van der Waals surface area contributed by atoms with Crippen LogP contribution in [0.5, 0.6) is 0 Å². The number of hydrogen-bond acceptors (Lipinski definition) is 0. The molecule has 15 heavy (non-hydrogen) atoms. The maximum atomic E-state index is 3.72. The molecular weight excluding hydrogens is 180 g/mol. The average molecular weight is 204 g/mol. The summed E-state index contributed by atoms with van der Waals surface area (Å²) < 4.78 is 0. The molecule has 0 saturated heterocycles. The smallest absolute Gasteiger partial charge is 0.0225 e. The highest BCUT2D eigenvalue weighted by molar-refractivity contribution is 5.57. The van der Waals surface area contributed by atoms with Gasteiger partial charge in [0.1, 0.15) is 0 Å². The zero-order chi connectivity index (χ0) is 11.0. The first kappa shape index (κ1) is 16.1. The van der Waals surface area contributed by atoms with Crippen LogP contribution in [0.15, 0.2) is 42.5 Å². The van der Waals surface area contributed by atoms with Crippen LogP contribution in [0.4, 0.5) is 0 Å². The molecule has 1 rings (SSSR count). The molecule has 84 valence electrons. The quantitative estimate of drug-likeness (QED) is 0.577. The number of hydrogen-bond donors (Lipinski definition) is 0. The van der Waals surface area contributed by atoms with E-state index in [4.69, 9.17) is 0 Å². The van der Waals surface area contributed by atoms with Crippen LogP contribution in [0.3, 0.4) is 0 Å². The maximum Gasteiger partial charge on any atom is -0.0225 e. The van der Waals surface area contributed by atoms with Gasteiger partial charge in [0.25, 0.3) is 0 Å². The summed E-state index contributed by atoms with van der Waals surface area (Å²) in [5.41, 5.74) is 3.78. The van der Waals surface area contributed by atoms with Gasteiger partial charge in [-0.05, 0) is 25.0 Å². The molecule has 1 aromatic rings. The third kappa shape index (κ3) is 5.90. The molecule has 0 saturated carbocycles. The molecule has 0 atom stereocenters. The summed E-state index contributed by atoms with van der Waals surface area (Å²) in [6.07, 6.45) is 4.01. The first-order valence-electron chi connectivity index (χ1n) is 5.10. The van der Waals surface area contributed by atoms with Crippen LogP contribution in [0.25, 0.3) is 6.08 Å². The van der Waals surface area contributed by atoms with Crippen LogP contribution in [0.1, 0.15) is 39.3 Å². The Morgan fingerprint density at radius 3 is 2.20 bits per heavy atom. The van der Waals surface area contributed by atoms with E-state index in [-0.39, 0.29) is 7.43 Å². The molecular formula is C15H24. The van der Waals surface area contributed by atoms with Gasteiger partial charge >= 0.3 is 0 Å². The van der Waals surface area contributed by atoms with E-state index in [0.29, 0.717) is 0 Å². The summed E-state index contributed by atoms with van der Waals surface area (Å²) in [7, 11) is 0. The second-order valence-electron chi connectivity index (χ2n) is 2.95. The average Bonchev–Trinajstić information content (AvgIpc) is 2.24. The van der Waals surface area contributed by atoms with Crippen molar-refractivity contribution in [2.45, 2.75) is 35.1 Å². The molecule has 0 aliphatic heterocycles. The Kier molecular flexibility index (Phi) is 9.97. The second-order valence-corrected chi connectivity index (χ2v) is 2.95. The van der Waals surface area contributed by atoms with Crippen LogP contribution >= 0.6 is 0 Å². The van der Waals surface area contributed by atoms with E-state index >= 15 is 0 Å². The van der Waals surface area contributed by atoms with Gasteiger partial charge in [0.05, 0.1) is 0 Å². The molecule has 0 aliphatic carbocycles. The number of rotatable bonds is 2. The van der Waals surface area contributed by atoms with Gasteiger partial charge in [-0.1, -0.05) is 69.8 Å². The van der Waals surface area contributed by atoms with Crippen LogP contribution in [-0.2, 0) is 0 Å². The van der Waals surface area contributed by atoms with Crippen molar-refractivity contribution in [2.75, 3.05) is 0 Å². The summed E-state index contributed by atoms with van der Waals surface area (Å²) in [5.74, 6) is 0. The highest BCUT2D eigenvalue weighted by Crippen LogP contribution is 2.11. The Bertz CT molecular complexity index is 306. The van der Waals surface area contributed by atoms with Gasteiger partial charge in [0.15, 0.2) is 0 Å². The van der Waals surface area contributed by atoms with Gasteiger partial charge in [-0.3, -0.25) is 0 Å². The number of benzene rings is 1. The zero-order valence-electron chi connectivity index (χ0n) is 9.67. The van der Waals surface area contributed by atoms with Gasteiger partial charge < -0.3 is 0 Å². The van der Waals surface area contributed by atoms with Gasteiger partial charge in [0.2, 0.25) is 0 Å². The minimum absolute atomic E-state index is 0. The largest absolute Gasteiger partial charge is 0.0988 e. The molecule has 1 aromatic carbocycles. The van der Waals surface area contributed by atoms with Gasteiger partial charge in [0, 0.05) is 0 Å². The summed E-state index contributed by atoms with van der Waals surface area (Å²) in [5, 5.41) is 0. The molecule has 0 amide bonds. The highest BCUT2D eigenvalue weighted by atomic mass is 14.0. The molecule has 0 radical (unpaired) electrons. The van der Waals surface area contributed by atoms with Crippen molar-refractivity contribution in [1.29, 1.82) is 0 Å². The topological polar surface area (TPSA) is 0 Å². The highest BCUT2D eigenvalue weighted by Gasteiger charge is 1.91. The van der Waals surface area contributed by atoms with Gasteiger partial charge in [-0.2, -0.15) is 0 Å². The van der Waals surface area contributed by atoms with Crippen molar-refractivity contribution >= 4 is 6.08 Å². The van der Waals surface area contributed by atoms with Gasteiger partial charge in [-0.25, -0.2) is 0 Å². The first-order valence-corrected chi connectivity index (χ1v) is 5.10. The molecule has 0 bridgehead atoms. The predicted octanol–water partition coefficient (Wildman–Crippen LogP) is 5.25. The molecule has 0 unspecified atom stereocenters. The monoisotopic (exact) mass is 204 g/mol. The third-order valence-electron chi connectivity index (χ3n) is 1.89. The molecule has 0 heterocycles. The molecule has 0 aromatic heterocycles. The summed E-state index contributed by atoms with van der Waals surface area (Å²) in [4.78, 5) is 0. The molecule has 0 fully saturated rings. The molecule has 0 spiro atoms. The van der Waals surface area contributed by atoms with Crippen molar-refractivity contribution in [2.24, 2.45) is 0 Å². The van der Waals surface area contributed by atoms with E-state index in [1.54, 1.807) is 0 Å². The lowest BCUT2D eigenvalue weighted by Gasteiger charge is -1.99. The van der Waals surface area contributed by atoms with E-state index in [0.717, 1.165) is 0 Å². The maximum absolute atomic E-state index is 3.72. The lowest BCUT2D eigenvalue weighted by Crippen LogP contribution is -1.79. The van der Waals surface area contributed by atoms with Crippen LogP contribution in [-0.4, -0.2) is 0 Å². The first-order chi connectivity index (χ1) is 6.74. The Hall–Kier alpha value is -1.30. The molecule has 0 nitrogen and oxygen atoms in total. The van der Waals surface area contributed by atoms with Crippen molar-refractivity contribution in [3.8, 4) is 0 Å². The van der Waals surface area contributed by atoms with E-state index in [2.05, 4.69) is 50.8 Å². The van der Waals surface area contributed by atoms with Crippen molar-refractivity contribution in [3.63, 3.8) is 0 Å². The Balaban J connectivity index is 0. The van der Waals surface area contributed by atoms with E-state index in [1.165, 1.54) is 16.7 Å². The SMILES string of the molecule is C.C=C/C(C)=C\c1ccccc1C.CC. The van der Waals surface area contributed by atoms with E-state index in [9.17, 15) is 0 Å². The molecule has 0 N–H and O–H groups in total. The summed E-state index contributed by atoms with van der Waals surface area (Å²) in [6, 6.07) is 8.33. The van der Waals surface area contributed by atoms with Crippen LogP contribution < -0.4 is 0 Å². The zero-order valence-corrected chi connectivity index (χ0v) is 9.67. The Labute approximate surface area is 95.3 Å². The standard InChI is InChI=1S/C12H14.C2H6.CH4/c1-4-10(2)9-12-8-6-5-7-11(12)3;1-2;/h4-9H,1H2,2-3H3;1-2H3;1H4/b10-9-;;. The predicted molar refractivity (Wildman–Crippen MR) is 73.1 cm³/mol. The van der Waals surface area contributed by atoms with Crippen LogP contribution in [0.2, 0.25) is 0 Å². The minimum atomic E-state index is 0. The fourth-order valence-corrected chi connectivity index (χ4v) is 1.05. The molecule has 0 aliphatic rings. The summed E-state index contributed by atoms with van der Waals surface area (Å²) in [6.45, 7) is 11.9. The Morgan fingerprint density at radius 1 is 1.20 bits per heavy atom.